The predicted octanol–water partition coefficient (Wildman–Crippen LogP) is 3.49. The lowest BCUT2D eigenvalue weighted by atomic mass is 9.96. The molecule has 0 bridgehead atoms. The zero-order chi connectivity index (χ0) is 19.4. The number of esters is 1. The molecule has 1 unspecified atom stereocenters. The Morgan fingerprint density at radius 1 is 1.19 bits per heavy atom. The largest absolute Gasteiger partial charge is 0.459 e. The molecular weight excluding hydrogens is 354 g/mol. The van der Waals surface area contributed by atoms with Crippen LogP contribution in [0, 0.1) is 6.92 Å². The summed E-state index contributed by atoms with van der Waals surface area (Å²) < 4.78 is 32.4. The summed E-state index contributed by atoms with van der Waals surface area (Å²) >= 11 is 0. The number of aryl methyl sites for hydroxylation is 1. The van der Waals surface area contributed by atoms with Crippen LogP contribution in [0.25, 0.3) is 5.65 Å². The molecule has 0 amide bonds. The SMILES string of the molecule is Cc1ccc2nc(COC(=O)C(CC(F)F)c3ccccc3)cc(=O)n2c1. The third-order valence-electron chi connectivity index (χ3n) is 4.12. The zero-order valence-corrected chi connectivity index (χ0v) is 14.6. The van der Waals surface area contributed by atoms with Gasteiger partial charge in [0, 0.05) is 18.7 Å². The van der Waals surface area contributed by atoms with Gasteiger partial charge in [-0.25, -0.2) is 13.8 Å². The number of hydrogen-bond acceptors (Lipinski definition) is 4. The van der Waals surface area contributed by atoms with E-state index in [-0.39, 0.29) is 17.9 Å². The van der Waals surface area contributed by atoms with Crippen molar-refractivity contribution in [1.82, 2.24) is 9.38 Å². The zero-order valence-electron chi connectivity index (χ0n) is 14.6. The molecule has 2 heterocycles. The second kappa shape index (κ2) is 8.07. The Labute approximate surface area is 154 Å². The molecule has 0 aliphatic rings. The molecule has 1 atom stereocenters. The first kappa shape index (κ1) is 18.7. The third-order valence-corrected chi connectivity index (χ3v) is 4.12. The molecule has 3 rings (SSSR count). The van der Waals surface area contributed by atoms with E-state index in [1.807, 2.05) is 13.0 Å². The van der Waals surface area contributed by atoms with Gasteiger partial charge in [0.1, 0.15) is 12.3 Å². The summed E-state index contributed by atoms with van der Waals surface area (Å²) in [6.07, 6.45) is -1.61. The number of ether oxygens (including phenoxy) is 1. The van der Waals surface area contributed by atoms with Crippen LogP contribution in [0.4, 0.5) is 8.78 Å². The number of hydrogen-bond donors (Lipinski definition) is 0. The van der Waals surface area contributed by atoms with Gasteiger partial charge < -0.3 is 4.74 Å². The number of carbonyl (C=O) groups excluding carboxylic acids is 1. The Kier molecular flexibility index (Phi) is 5.59. The fraction of sp³-hybridized carbons (Fsp3) is 0.250. The first-order chi connectivity index (χ1) is 12.9. The fourth-order valence-corrected chi connectivity index (χ4v) is 2.81. The van der Waals surface area contributed by atoms with Gasteiger partial charge >= 0.3 is 5.97 Å². The van der Waals surface area contributed by atoms with Gasteiger partial charge in [0.2, 0.25) is 6.43 Å². The maximum Gasteiger partial charge on any atom is 0.314 e. The van der Waals surface area contributed by atoms with E-state index in [1.165, 1.54) is 10.5 Å². The molecule has 0 N–H and O–H groups in total. The molecule has 0 aliphatic carbocycles. The van der Waals surface area contributed by atoms with Crippen LogP contribution in [0.5, 0.6) is 0 Å². The quantitative estimate of drug-likeness (QED) is 0.622. The maximum atomic E-state index is 12.9. The summed E-state index contributed by atoms with van der Waals surface area (Å²) in [7, 11) is 0. The Morgan fingerprint density at radius 2 is 1.93 bits per heavy atom. The highest BCUT2D eigenvalue weighted by molar-refractivity contribution is 5.78. The van der Waals surface area contributed by atoms with Crippen LogP contribution >= 0.6 is 0 Å². The van der Waals surface area contributed by atoms with Crippen LogP contribution in [0.2, 0.25) is 0 Å². The third kappa shape index (κ3) is 4.55. The summed E-state index contributed by atoms with van der Waals surface area (Å²) in [5, 5.41) is 0. The van der Waals surface area contributed by atoms with Crippen molar-refractivity contribution in [3.05, 3.63) is 81.9 Å². The van der Waals surface area contributed by atoms with E-state index in [9.17, 15) is 18.4 Å². The first-order valence-electron chi connectivity index (χ1n) is 8.42. The second-order valence-corrected chi connectivity index (χ2v) is 6.22. The van der Waals surface area contributed by atoms with E-state index in [2.05, 4.69) is 4.98 Å². The lowest BCUT2D eigenvalue weighted by Crippen LogP contribution is -2.20. The number of benzene rings is 1. The first-order valence-corrected chi connectivity index (χ1v) is 8.42. The van der Waals surface area contributed by atoms with Crippen LogP contribution in [-0.4, -0.2) is 21.8 Å². The van der Waals surface area contributed by atoms with Gasteiger partial charge in [-0.1, -0.05) is 36.4 Å². The van der Waals surface area contributed by atoms with Crippen molar-refractivity contribution in [1.29, 1.82) is 0 Å². The fourth-order valence-electron chi connectivity index (χ4n) is 2.81. The molecule has 7 heteroatoms. The number of carbonyl (C=O) groups is 1. The average Bonchev–Trinajstić information content (AvgIpc) is 2.65. The van der Waals surface area contributed by atoms with Crippen molar-refractivity contribution in [2.24, 2.45) is 0 Å². The van der Waals surface area contributed by atoms with Crippen molar-refractivity contribution in [3.63, 3.8) is 0 Å². The molecule has 3 aromatic rings. The van der Waals surface area contributed by atoms with Crippen LogP contribution in [0.15, 0.2) is 59.5 Å². The van der Waals surface area contributed by atoms with Crippen LogP contribution in [0.3, 0.4) is 0 Å². The molecular formula is C20H18F2N2O3. The number of fused-ring (bicyclic) bond motifs is 1. The molecule has 0 aliphatic heterocycles. The number of rotatable bonds is 6. The van der Waals surface area contributed by atoms with Gasteiger partial charge in [-0.2, -0.15) is 0 Å². The van der Waals surface area contributed by atoms with E-state index in [1.54, 1.807) is 42.6 Å². The van der Waals surface area contributed by atoms with Crippen molar-refractivity contribution >= 4 is 11.6 Å². The second-order valence-electron chi connectivity index (χ2n) is 6.22. The van der Waals surface area contributed by atoms with Gasteiger partial charge in [0.15, 0.2) is 0 Å². The molecule has 0 radical (unpaired) electrons. The average molecular weight is 372 g/mol. The molecule has 140 valence electrons. The number of aromatic nitrogens is 2. The Bertz CT molecular complexity index is 1000. The minimum Gasteiger partial charge on any atom is -0.459 e. The predicted molar refractivity (Wildman–Crippen MR) is 95.8 cm³/mol. The highest BCUT2D eigenvalue weighted by Gasteiger charge is 2.26. The summed E-state index contributed by atoms with van der Waals surface area (Å²) in [6, 6.07) is 13.1. The minimum absolute atomic E-state index is 0.259. The monoisotopic (exact) mass is 372 g/mol. The summed E-state index contributed by atoms with van der Waals surface area (Å²) in [5.41, 5.74) is 1.75. The normalized spacial score (nSPS) is 12.3. The van der Waals surface area contributed by atoms with Gasteiger partial charge in [0.25, 0.3) is 5.56 Å². The maximum absolute atomic E-state index is 12.9. The summed E-state index contributed by atoms with van der Waals surface area (Å²) in [5.74, 6) is -1.84. The molecule has 0 saturated heterocycles. The van der Waals surface area contributed by atoms with Crippen molar-refractivity contribution in [3.8, 4) is 0 Å². The number of alkyl halides is 2. The van der Waals surface area contributed by atoms with Crippen LogP contribution in [0.1, 0.15) is 29.2 Å². The van der Waals surface area contributed by atoms with Gasteiger partial charge in [-0.05, 0) is 24.1 Å². The Balaban J connectivity index is 1.78. The van der Waals surface area contributed by atoms with Gasteiger partial charge in [0.05, 0.1) is 11.6 Å². The number of pyridine rings is 1. The summed E-state index contributed by atoms with van der Waals surface area (Å²) in [6.45, 7) is 1.60. The van der Waals surface area contributed by atoms with Crippen molar-refractivity contribution in [2.75, 3.05) is 0 Å². The highest BCUT2D eigenvalue weighted by atomic mass is 19.3. The van der Waals surface area contributed by atoms with E-state index in [0.717, 1.165) is 5.56 Å². The Morgan fingerprint density at radius 3 is 2.63 bits per heavy atom. The summed E-state index contributed by atoms with van der Waals surface area (Å²) in [4.78, 5) is 28.8. The molecule has 0 saturated carbocycles. The standard InChI is InChI=1S/C20H18F2N2O3/c1-13-7-8-18-23-15(9-19(25)24(18)11-13)12-27-20(26)16(10-17(21)22)14-5-3-2-4-6-14/h2-9,11,16-17H,10,12H2,1H3. The lowest BCUT2D eigenvalue weighted by molar-refractivity contribution is -0.148. The number of nitrogens with zero attached hydrogens (tertiary/aromatic N) is 2. The van der Waals surface area contributed by atoms with Gasteiger partial charge in [-0.3, -0.25) is 14.0 Å². The minimum atomic E-state index is -2.64. The van der Waals surface area contributed by atoms with Crippen molar-refractivity contribution < 1.29 is 18.3 Å². The van der Waals surface area contributed by atoms with E-state index in [0.29, 0.717) is 11.2 Å². The molecule has 2 aromatic heterocycles. The molecule has 1 aromatic carbocycles. The van der Waals surface area contributed by atoms with E-state index in [4.69, 9.17) is 4.74 Å². The topological polar surface area (TPSA) is 60.7 Å². The van der Waals surface area contributed by atoms with E-state index >= 15 is 0 Å². The van der Waals surface area contributed by atoms with E-state index < -0.39 is 24.7 Å². The lowest BCUT2D eigenvalue weighted by Gasteiger charge is -2.16. The molecule has 0 spiro atoms. The van der Waals surface area contributed by atoms with Crippen LogP contribution < -0.4 is 5.56 Å². The molecule has 0 fully saturated rings. The molecule has 5 nitrogen and oxygen atoms in total. The highest BCUT2D eigenvalue weighted by Crippen LogP contribution is 2.25. The van der Waals surface area contributed by atoms with Crippen LogP contribution in [-0.2, 0) is 16.1 Å². The van der Waals surface area contributed by atoms with Gasteiger partial charge in [-0.15, -0.1) is 0 Å². The Hall–Kier alpha value is -3.09. The molecule has 27 heavy (non-hydrogen) atoms. The van der Waals surface area contributed by atoms with Crippen molar-refractivity contribution in [2.45, 2.75) is 32.3 Å². The smallest absolute Gasteiger partial charge is 0.314 e. The number of halogens is 2.